The van der Waals surface area contributed by atoms with E-state index in [1.54, 1.807) is 61.8 Å². The second-order valence-electron chi connectivity index (χ2n) is 5.41. The molecule has 0 fully saturated rings. The molecule has 0 bridgehead atoms. The molecule has 7 heteroatoms. The van der Waals surface area contributed by atoms with Crippen molar-refractivity contribution < 1.29 is 4.79 Å². The zero-order valence-corrected chi connectivity index (χ0v) is 14.1. The number of benzene rings is 1. The van der Waals surface area contributed by atoms with Crippen LogP contribution in [-0.4, -0.2) is 20.7 Å². The second kappa shape index (κ2) is 7.27. The molecule has 0 saturated carbocycles. The molecule has 1 aromatic carbocycles. The summed E-state index contributed by atoms with van der Waals surface area (Å²) >= 11 is 5.91. The van der Waals surface area contributed by atoms with Gasteiger partial charge in [0, 0.05) is 34.7 Å². The maximum absolute atomic E-state index is 12.5. The molecular weight excluding hydrogens is 340 g/mol. The van der Waals surface area contributed by atoms with Gasteiger partial charge >= 0.3 is 0 Å². The average Bonchev–Trinajstić information content (AvgIpc) is 2.62. The van der Waals surface area contributed by atoms with Gasteiger partial charge in [0.15, 0.2) is 0 Å². The third kappa shape index (κ3) is 3.92. The number of pyridine rings is 1. The van der Waals surface area contributed by atoms with Gasteiger partial charge in [-0.3, -0.25) is 14.6 Å². The van der Waals surface area contributed by atoms with E-state index in [9.17, 15) is 9.59 Å². The van der Waals surface area contributed by atoms with Gasteiger partial charge in [-0.25, -0.2) is 4.68 Å². The summed E-state index contributed by atoms with van der Waals surface area (Å²) in [6.07, 6.45) is 3.28. The molecule has 1 atom stereocenters. The molecule has 0 aliphatic carbocycles. The third-order valence-corrected chi connectivity index (χ3v) is 3.87. The Labute approximate surface area is 149 Å². The maximum atomic E-state index is 12.5. The Bertz CT molecular complexity index is 957. The molecule has 0 spiro atoms. The fourth-order valence-corrected chi connectivity index (χ4v) is 2.49. The van der Waals surface area contributed by atoms with Crippen LogP contribution < -0.4 is 10.9 Å². The minimum absolute atomic E-state index is 0.355. The molecule has 2 heterocycles. The predicted octanol–water partition coefficient (Wildman–Crippen LogP) is 3.16. The van der Waals surface area contributed by atoms with E-state index in [4.69, 9.17) is 11.6 Å². The van der Waals surface area contributed by atoms with Gasteiger partial charge in [0.2, 0.25) is 5.91 Å². The molecule has 3 aromatic rings. The molecule has 1 unspecified atom stereocenters. The zero-order valence-electron chi connectivity index (χ0n) is 13.4. The van der Waals surface area contributed by atoms with Crippen LogP contribution in [0.1, 0.15) is 13.0 Å². The number of amides is 1. The number of carbonyl (C=O) groups is 1. The van der Waals surface area contributed by atoms with Crippen LogP contribution in [0, 0.1) is 0 Å². The first kappa shape index (κ1) is 16.9. The van der Waals surface area contributed by atoms with Crippen molar-refractivity contribution in [1.29, 1.82) is 0 Å². The van der Waals surface area contributed by atoms with Crippen molar-refractivity contribution in [3.05, 3.63) is 76.3 Å². The number of anilines is 1. The number of hydrogen-bond acceptors (Lipinski definition) is 4. The lowest BCUT2D eigenvalue weighted by Gasteiger charge is -2.15. The molecule has 126 valence electrons. The molecule has 1 amide bonds. The van der Waals surface area contributed by atoms with Crippen LogP contribution >= 0.6 is 11.6 Å². The van der Waals surface area contributed by atoms with Crippen LogP contribution in [0.2, 0.25) is 5.02 Å². The minimum atomic E-state index is -0.784. The van der Waals surface area contributed by atoms with Crippen LogP contribution in [0.25, 0.3) is 11.3 Å². The van der Waals surface area contributed by atoms with Crippen molar-refractivity contribution in [2.45, 2.75) is 13.0 Å². The van der Waals surface area contributed by atoms with Crippen LogP contribution in [0.3, 0.4) is 0 Å². The molecular formula is C18H15ClN4O2. The zero-order chi connectivity index (χ0) is 17.8. The van der Waals surface area contributed by atoms with E-state index < -0.39 is 6.04 Å². The highest BCUT2D eigenvalue weighted by molar-refractivity contribution is 6.30. The smallest absolute Gasteiger partial charge is 0.267 e. The van der Waals surface area contributed by atoms with E-state index in [-0.39, 0.29) is 11.5 Å². The van der Waals surface area contributed by atoms with Crippen LogP contribution in [0.15, 0.2) is 65.7 Å². The highest BCUT2D eigenvalue weighted by atomic mass is 35.5. The van der Waals surface area contributed by atoms with Gasteiger partial charge in [0.25, 0.3) is 5.56 Å². The molecule has 1 N–H and O–H groups in total. The van der Waals surface area contributed by atoms with Gasteiger partial charge in [-0.05, 0) is 43.3 Å². The second-order valence-corrected chi connectivity index (χ2v) is 5.85. The fraction of sp³-hybridized carbons (Fsp3) is 0.111. The summed E-state index contributed by atoms with van der Waals surface area (Å²) in [6.45, 7) is 1.62. The predicted molar refractivity (Wildman–Crippen MR) is 96.5 cm³/mol. The lowest BCUT2D eigenvalue weighted by molar-refractivity contribution is -0.119. The van der Waals surface area contributed by atoms with E-state index in [2.05, 4.69) is 15.4 Å². The van der Waals surface area contributed by atoms with Crippen LogP contribution in [0.4, 0.5) is 5.69 Å². The van der Waals surface area contributed by atoms with Gasteiger partial charge in [-0.1, -0.05) is 17.7 Å². The topological polar surface area (TPSA) is 76.9 Å². The van der Waals surface area contributed by atoms with Crippen molar-refractivity contribution in [3.63, 3.8) is 0 Å². The SMILES string of the molecule is CC(C(=O)Nc1cccc(Cl)c1)n1nc(-c2ccncc2)ccc1=O. The largest absolute Gasteiger partial charge is 0.324 e. The van der Waals surface area contributed by atoms with Crippen molar-refractivity contribution in [2.75, 3.05) is 5.32 Å². The molecule has 6 nitrogen and oxygen atoms in total. The summed E-state index contributed by atoms with van der Waals surface area (Å²) in [5.74, 6) is -0.358. The van der Waals surface area contributed by atoms with Gasteiger partial charge in [-0.2, -0.15) is 5.10 Å². The van der Waals surface area contributed by atoms with Gasteiger partial charge in [-0.15, -0.1) is 0 Å². The molecule has 0 aliphatic rings. The summed E-state index contributed by atoms with van der Waals surface area (Å²) in [7, 11) is 0. The Kier molecular flexibility index (Phi) is 4.90. The lowest BCUT2D eigenvalue weighted by Crippen LogP contribution is -2.33. The number of aromatic nitrogens is 3. The Morgan fingerprint density at radius 2 is 1.92 bits per heavy atom. The van der Waals surface area contributed by atoms with Crippen molar-refractivity contribution in [2.24, 2.45) is 0 Å². The van der Waals surface area contributed by atoms with E-state index in [0.29, 0.717) is 16.4 Å². The summed E-state index contributed by atoms with van der Waals surface area (Å²) in [5, 5.41) is 7.56. The normalized spacial score (nSPS) is 11.8. The first-order chi connectivity index (χ1) is 12.0. The van der Waals surface area contributed by atoms with Crippen LogP contribution in [-0.2, 0) is 4.79 Å². The Balaban J connectivity index is 1.87. The quantitative estimate of drug-likeness (QED) is 0.780. The van der Waals surface area contributed by atoms with Crippen LogP contribution in [0.5, 0.6) is 0 Å². The minimum Gasteiger partial charge on any atom is -0.324 e. The number of rotatable bonds is 4. The molecule has 2 aromatic heterocycles. The van der Waals surface area contributed by atoms with Gasteiger partial charge in [0.1, 0.15) is 6.04 Å². The Morgan fingerprint density at radius 1 is 1.16 bits per heavy atom. The van der Waals surface area contributed by atoms with Crippen molar-refractivity contribution >= 4 is 23.2 Å². The number of halogens is 1. The highest BCUT2D eigenvalue weighted by Gasteiger charge is 2.18. The molecule has 0 aliphatic heterocycles. The lowest BCUT2D eigenvalue weighted by atomic mass is 10.2. The first-order valence-corrected chi connectivity index (χ1v) is 7.99. The van der Waals surface area contributed by atoms with E-state index in [1.165, 1.54) is 6.07 Å². The molecule has 25 heavy (non-hydrogen) atoms. The number of carbonyl (C=O) groups excluding carboxylic acids is 1. The third-order valence-electron chi connectivity index (χ3n) is 3.64. The summed E-state index contributed by atoms with van der Waals surface area (Å²) in [5.41, 5.74) is 1.60. The highest BCUT2D eigenvalue weighted by Crippen LogP contribution is 2.17. The van der Waals surface area contributed by atoms with Gasteiger partial charge < -0.3 is 5.32 Å². The van der Waals surface area contributed by atoms with Crippen molar-refractivity contribution in [3.8, 4) is 11.3 Å². The molecule has 3 rings (SSSR count). The average molecular weight is 355 g/mol. The fourth-order valence-electron chi connectivity index (χ4n) is 2.30. The standard InChI is InChI=1S/C18H15ClN4O2/c1-12(18(25)21-15-4-2-3-14(19)11-15)23-17(24)6-5-16(22-23)13-7-9-20-10-8-13/h2-12H,1H3,(H,21,25). The van der Waals surface area contributed by atoms with Crippen molar-refractivity contribution in [1.82, 2.24) is 14.8 Å². The number of hydrogen-bond donors (Lipinski definition) is 1. The van der Waals surface area contributed by atoms with Gasteiger partial charge in [0.05, 0.1) is 5.69 Å². The Hall–Kier alpha value is -2.99. The summed E-state index contributed by atoms with van der Waals surface area (Å²) < 4.78 is 1.16. The molecule has 0 saturated heterocycles. The van der Waals surface area contributed by atoms with E-state index in [1.807, 2.05) is 0 Å². The summed E-state index contributed by atoms with van der Waals surface area (Å²) in [6, 6.07) is 12.6. The summed E-state index contributed by atoms with van der Waals surface area (Å²) in [4.78, 5) is 28.6. The maximum Gasteiger partial charge on any atom is 0.267 e. The number of nitrogens with zero attached hydrogens (tertiary/aromatic N) is 3. The van der Waals surface area contributed by atoms with E-state index in [0.717, 1.165) is 10.2 Å². The Morgan fingerprint density at radius 3 is 2.64 bits per heavy atom. The number of nitrogens with one attached hydrogen (secondary N) is 1. The van der Waals surface area contributed by atoms with E-state index >= 15 is 0 Å². The first-order valence-electron chi connectivity index (χ1n) is 7.61. The molecule has 0 radical (unpaired) electrons. The monoisotopic (exact) mass is 354 g/mol.